The largest absolute Gasteiger partial charge is 0.335 e. The van der Waals surface area contributed by atoms with Gasteiger partial charge in [-0.25, -0.2) is 8.42 Å². The predicted molar refractivity (Wildman–Crippen MR) is 99.2 cm³/mol. The van der Waals surface area contributed by atoms with Crippen LogP contribution in [0, 0.1) is 3.57 Å². The monoisotopic (exact) mass is 443 g/mol. The Morgan fingerprint density at radius 2 is 1.57 bits per heavy atom. The molecule has 0 spiro atoms. The smallest absolute Gasteiger partial charge is 0.254 e. The quantitative estimate of drug-likeness (QED) is 0.680. The van der Waals surface area contributed by atoms with Crippen LogP contribution in [-0.2, 0) is 9.84 Å². The van der Waals surface area contributed by atoms with E-state index < -0.39 is 9.84 Å². The highest BCUT2D eigenvalue weighted by Gasteiger charge is 2.19. The molecule has 0 radical (unpaired) electrons. The topological polar surface area (TPSA) is 54.5 Å². The van der Waals surface area contributed by atoms with E-state index in [2.05, 4.69) is 22.6 Å². The zero-order chi connectivity index (χ0) is 17.2. The Kier molecular flexibility index (Phi) is 5.46. The van der Waals surface area contributed by atoms with E-state index in [4.69, 9.17) is 0 Å². The van der Waals surface area contributed by atoms with E-state index in [-0.39, 0.29) is 16.8 Å². The number of hydrogen-bond acceptors (Lipinski definition) is 3. The number of halogens is 1. The first-order chi connectivity index (χ1) is 10.7. The lowest BCUT2D eigenvalue weighted by molar-refractivity contribution is 0.0742. The fourth-order valence-electron chi connectivity index (χ4n) is 2.19. The van der Waals surface area contributed by atoms with Gasteiger partial charge < -0.3 is 4.90 Å². The van der Waals surface area contributed by atoms with Crippen LogP contribution in [0.15, 0.2) is 53.4 Å². The van der Waals surface area contributed by atoms with Crippen LogP contribution in [0.5, 0.6) is 0 Å². The zero-order valence-corrected chi connectivity index (χ0v) is 16.1. The van der Waals surface area contributed by atoms with Crippen LogP contribution in [0.2, 0.25) is 0 Å². The van der Waals surface area contributed by atoms with Crippen LogP contribution in [0.4, 0.5) is 0 Å². The van der Waals surface area contributed by atoms with E-state index in [1.54, 1.807) is 48.3 Å². The molecule has 0 saturated heterocycles. The highest BCUT2D eigenvalue weighted by Crippen LogP contribution is 2.22. The Labute approximate surface area is 150 Å². The molecule has 23 heavy (non-hydrogen) atoms. The van der Waals surface area contributed by atoms with Crippen LogP contribution >= 0.6 is 22.6 Å². The molecular formula is C17H18INO3S. The molecular weight excluding hydrogens is 425 g/mol. The van der Waals surface area contributed by atoms with Crippen LogP contribution in [-0.4, -0.2) is 32.5 Å². The summed E-state index contributed by atoms with van der Waals surface area (Å²) in [5.74, 6) is -0.0684. The maximum absolute atomic E-state index is 12.5. The Bertz CT molecular complexity index is 799. The van der Waals surface area contributed by atoms with Crippen LogP contribution in [0.1, 0.15) is 28.9 Å². The summed E-state index contributed by atoms with van der Waals surface area (Å²) in [7, 11) is -1.46. The Hall–Kier alpha value is -1.41. The highest BCUT2D eigenvalue weighted by molar-refractivity contribution is 14.1. The summed E-state index contributed by atoms with van der Waals surface area (Å²) >= 11 is 2.20. The van der Waals surface area contributed by atoms with Crippen molar-refractivity contribution in [1.82, 2.24) is 4.90 Å². The molecule has 0 fully saturated rings. The van der Waals surface area contributed by atoms with Crippen molar-refractivity contribution in [1.29, 1.82) is 0 Å². The van der Waals surface area contributed by atoms with Gasteiger partial charge in [0.05, 0.1) is 10.9 Å². The van der Waals surface area contributed by atoms with Crippen molar-refractivity contribution in [3.63, 3.8) is 0 Å². The molecule has 0 bridgehead atoms. The number of amides is 1. The van der Waals surface area contributed by atoms with Crippen LogP contribution < -0.4 is 0 Å². The maximum Gasteiger partial charge on any atom is 0.254 e. The van der Waals surface area contributed by atoms with Gasteiger partial charge in [-0.15, -0.1) is 0 Å². The lowest BCUT2D eigenvalue weighted by atomic mass is 10.1. The van der Waals surface area contributed by atoms with Crippen molar-refractivity contribution >= 4 is 38.3 Å². The fraction of sp³-hybridized carbons (Fsp3) is 0.235. The number of sulfone groups is 1. The van der Waals surface area contributed by atoms with Crippen molar-refractivity contribution in [3.05, 3.63) is 63.2 Å². The standard InChI is InChI=1S/C17H18INO3S/c1-12(13-6-10-16(11-7-13)23(3,21)22)19(2)17(20)14-4-8-15(18)9-5-14/h4-12H,1-3H3. The van der Waals surface area contributed by atoms with Gasteiger partial charge in [-0.05, 0) is 71.5 Å². The highest BCUT2D eigenvalue weighted by atomic mass is 127. The van der Waals surface area contributed by atoms with Gasteiger partial charge in [-0.1, -0.05) is 12.1 Å². The van der Waals surface area contributed by atoms with Gasteiger partial charge in [0.1, 0.15) is 0 Å². The Balaban J connectivity index is 2.20. The zero-order valence-electron chi connectivity index (χ0n) is 13.2. The fourth-order valence-corrected chi connectivity index (χ4v) is 3.18. The number of rotatable bonds is 4. The van der Waals surface area contributed by atoms with Crippen molar-refractivity contribution < 1.29 is 13.2 Å². The average Bonchev–Trinajstić information content (AvgIpc) is 2.53. The molecule has 4 nitrogen and oxygen atoms in total. The number of hydrogen-bond donors (Lipinski definition) is 0. The van der Waals surface area contributed by atoms with E-state index in [1.807, 2.05) is 19.1 Å². The summed E-state index contributed by atoms with van der Waals surface area (Å²) in [6.07, 6.45) is 1.18. The molecule has 0 aliphatic carbocycles. The molecule has 122 valence electrons. The SMILES string of the molecule is CC(c1ccc(S(C)(=O)=O)cc1)N(C)C(=O)c1ccc(I)cc1. The van der Waals surface area contributed by atoms with Crippen LogP contribution in [0.25, 0.3) is 0 Å². The van der Waals surface area contributed by atoms with Gasteiger partial charge in [0.15, 0.2) is 9.84 Å². The van der Waals surface area contributed by atoms with Crippen molar-refractivity contribution in [2.75, 3.05) is 13.3 Å². The van der Waals surface area contributed by atoms with E-state index in [1.165, 1.54) is 6.26 Å². The number of benzene rings is 2. The molecule has 1 unspecified atom stereocenters. The minimum atomic E-state index is -3.21. The normalized spacial score (nSPS) is 12.7. The molecule has 0 aromatic heterocycles. The maximum atomic E-state index is 12.5. The third-order valence-corrected chi connectivity index (χ3v) is 5.63. The number of nitrogens with zero attached hydrogens (tertiary/aromatic N) is 1. The molecule has 0 saturated carbocycles. The molecule has 0 aliphatic heterocycles. The van der Waals surface area contributed by atoms with Gasteiger partial charge in [-0.3, -0.25) is 4.79 Å². The minimum Gasteiger partial charge on any atom is -0.335 e. The third kappa shape index (κ3) is 4.32. The van der Waals surface area contributed by atoms with Gasteiger partial charge >= 0.3 is 0 Å². The van der Waals surface area contributed by atoms with Gasteiger partial charge in [-0.2, -0.15) is 0 Å². The van der Waals surface area contributed by atoms with Crippen molar-refractivity contribution in [2.24, 2.45) is 0 Å². The summed E-state index contributed by atoms with van der Waals surface area (Å²) in [5.41, 5.74) is 1.52. The molecule has 0 N–H and O–H groups in total. The minimum absolute atomic E-state index is 0.0684. The average molecular weight is 443 g/mol. The molecule has 2 rings (SSSR count). The summed E-state index contributed by atoms with van der Waals surface area (Å²) < 4.78 is 24.1. The summed E-state index contributed by atoms with van der Waals surface area (Å²) in [5, 5.41) is 0. The molecule has 1 amide bonds. The molecule has 0 heterocycles. The number of carbonyl (C=O) groups excluding carboxylic acids is 1. The first kappa shape index (κ1) is 17.9. The van der Waals surface area contributed by atoms with Crippen molar-refractivity contribution in [2.45, 2.75) is 17.9 Å². The Morgan fingerprint density at radius 3 is 2.04 bits per heavy atom. The molecule has 6 heteroatoms. The van der Waals surface area contributed by atoms with E-state index in [0.29, 0.717) is 5.56 Å². The Morgan fingerprint density at radius 1 is 1.04 bits per heavy atom. The molecule has 2 aromatic rings. The third-order valence-electron chi connectivity index (χ3n) is 3.78. The summed E-state index contributed by atoms with van der Waals surface area (Å²) in [6.45, 7) is 1.92. The lowest BCUT2D eigenvalue weighted by Crippen LogP contribution is -2.29. The van der Waals surface area contributed by atoms with Crippen LogP contribution in [0.3, 0.4) is 0 Å². The van der Waals surface area contributed by atoms with E-state index >= 15 is 0 Å². The summed E-state index contributed by atoms with van der Waals surface area (Å²) in [6, 6.07) is 13.9. The van der Waals surface area contributed by atoms with Gasteiger partial charge in [0, 0.05) is 22.4 Å². The first-order valence-electron chi connectivity index (χ1n) is 7.03. The molecule has 0 aliphatic rings. The summed E-state index contributed by atoms with van der Waals surface area (Å²) in [4.78, 5) is 14.5. The number of carbonyl (C=O) groups is 1. The van der Waals surface area contributed by atoms with E-state index in [9.17, 15) is 13.2 Å². The molecule has 2 aromatic carbocycles. The van der Waals surface area contributed by atoms with Gasteiger partial charge in [0.25, 0.3) is 5.91 Å². The second kappa shape index (κ2) is 7.00. The first-order valence-corrected chi connectivity index (χ1v) is 10.00. The van der Waals surface area contributed by atoms with Gasteiger partial charge in [0.2, 0.25) is 0 Å². The second-order valence-corrected chi connectivity index (χ2v) is 8.70. The van der Waals surface area contributed by atoms with Crippen molar-refractivity contribution in [3.8, 4) is 0 Å². The van der Waals surface area contributed by atoms with E-state index in [0.717, 1.165) is 9.13 Å². The second-order valence-electron chi connectivity index (χ2n) is 5.44. The molecule has 1 atom stereocenters. The predicted octanol–water partition coefficient (Wildman–Crippen LogP) is 3.53. The lowest BCUT2D eigenvalue weighted by Gasteiger charge is -2.25.